The monoisotopic (exact) mass is 328 g/mol. The molecule has 0 atom stereocenters. The van der Waals surface area contributed by atoms with Crippen LogP contribution >= 0.6 is 0 Å². The molecule has 8 nitrogen and oxygen atoms in total. The van der Waals surface area contributed by atoms with Crippen molar-refractivity contribution in [2.75, 3.05) is 47.8 Å². The van der Waals surface area contributed by atoms with Gasteiger partial charge in [0, 0.05) is 61.8 Å². The summed E-state index contributed by atoms with van der Waals surface area (Å²) in [5.74, 6) is 0.946. The standard InChI is InChI=1S/C16H20N6O2/c1-11-10-15(19-18-11)20-6-8-21(9-7-20)16-12-4-5-17-13(12)2-3-14(16)22(23)24/h2-3,10,17H,4-9H2,1H3,(H,18,19). The van der Waals surface area contributed by atoms with Crippen molar-refractivity contribution in [2.24, 2.45) is 0 Å². The molecule has 126 valence electrons. The lowest BCUT2D eigenvalue weighted by atomic mass is 10.1. The first kappa shape index (κ1) is 14.8. The summed E-state index contributed by atoms with van der Waals surface area (Å²) in [4.78, 5) is 15.6. The Bertz CT molecular complexity index is 779. The number of benzene rings is 1. The second-order valence-corrected chi connectivity index (χ2v) is 6.28. The normalized spacial score (nSPS) is 16.9. The fourth-order valence-corrected chi connectivity index (χ4v) is 3.59. The van der Waals surface area contributed by atoms with Crippen molar-refractivity contribution >= 4 is 22.9 Å². The number of piperazine rings is 1. The molecular formula is C16H20N6O2. The molecule has 1 fully saturated rings. The van der Waals surface area contributed by atoms with Gasteiger partial charge in [0.15, 0.2) is 5.82 Å². The average molecular weight is 328 g/mol. The van der Waals surface area contributed by atoms with Gasteiger partial charge in [-0.25, -0.2) is 0 Å². The van der Waals surface area contributed by atoms with Crippen LogP contribution in [0, 0.1) is 17.0 Å². The zero-order valence-corrected chi connectivity index (χ0v) is 13.6. The van der Waals surface area contributed by atoms with Crippen molar-refractivity contribution in [1.29, 1.82) is 0 Å². The second-order valence-electron chi connectivity index (χ2n) is 6.28. The molecule has 2 aliphatic heterocycles. The minimum atomic E-state index is -0.266. The van der Waals surface area contributed by atoms with E-state index in [9.17, 15) is 10.1 Å². The predicted octanol–water partition coefficient (Wildman–Crippen LogP) is 1.92. The van der Waals surface area contributed by atoms with Gasteiger partial charge in [0.05, 0.1) is 4.92 Å². The second kappa shape index (κ2) is 5.70. The summed E-state index contributed by atoms with van der Waals surface area (Å²) in [5.41, 5.74) is 4.14. The topological polar surface area (TPSA) is 90.3 Å². The molecule has 2 aromatic rings. The van der Waals surface area contributed by atoms with E-state index in [1.807, 2.05) is 19.1 Å². The third-order valence-corrected chi connectivity index (χ3v) is 4.76. The molecule has 24 heavy (non-hydrogen) atoms. The highest BCUT2D eigenvalue weighted by Crippen LogP contribution is 2.40. The van der Waals surface area contributed by atoms with Crippen LogP contribution in [0.25, 0.3) is 0 Å². The summed E-state index contributed by atoms with van der Waals surface area (Å²) in [6.07, 6.45) is 0.838. The number of fused-ring (bicyclic) bond motifs is 1. The zero-order valence-electron chi connectivity index (χ0n) is 13.6. The molecule has 2 aliphatic rings. The van der Waals surface area contributed by atoms with E-state index in [2.05, 4.69) is 25.3 Å². The van der Waals surface area contributed by atoms with Gasteiger partial charge in [-0.15, -0.1) is 0 Å². The maximum atomic E-state index is 11.5. The summed E-state index contributed by atoms with van der Waals surface area (Å²) < 4.78 is 0. The number of aromatic amines is 1. The molecule has 0 aliphatic carbocycles. The zero-order chi connectivity index (χ0) is 16.7. The maximum Gasteiger partial charge on any atom is 0.292 e. The van der Waals surface area contributed by atoms with Gasteiger partial charge in [-0.2, -0.15) is 5.10 Å². The number of aromatic nitrogens is 2. The number of nitrogens with zero attached hydrogens (tertiary/aromatic N) is 4. The number of rotatable bonds is 3. The first-order valence-corrected chi connectivity index (χ1v) is 8.19. The highest BCUT2D eigenvalue weighted by molar-refractivity contribution is 5.78. The SMILES string of the molecule is Cc1cc(N2CCN(c3c([N+](=O)[O-])ccc4c3CCN4)CC2)n[nH]1. The van der Waals surface area contributed by atoms with Gasteiger partial charge >= 0.3 is 0 Å². The Morgan fingerprint density at radius 1 is 1.21 bits per heavy atom. The molecule has 0 unspecified atom stereocenters. The van der Waals surface area contributed by atoms with Gasteiger partial charge in [0.25, 0.3) is 5.69 Å². The van der Waals surface area contributed by atoms with Gasteiger partial charge in [-0.1, -0.05) is 0 Å². The van der Waals surface area contributed by atoms with Gasteiger partial charge in [0.1, 0.15) is 5.69 Å². The lowest BCUT2D eigenvalue weighted by Crippen LogP contribution is -2.47. The summed E-state index contributed by atoms with van der Waals surface area (Å²) in [6, 6.07) is 5.48. The Balaban J connectivity index is 1.59. The van der Waals surface area contributed by atoms with E-state index in [1.54, 1.807) is 6.07 Å². The summed E-state index contributed by atoms with van der Waals surface area (Å²) in [7, 11) is 0. The van der Waals surface area contributed by atoms with Gasteiger partial charge in [-0.05, 0) is 19.4 Å². The Labute approximate surface area is 139 Å². The molecule has 4 rings (SSSR count). The molecule has 1 aromatic heterocycles. The quantitative estimate of drug-likeness (QED) is 0.661. The number of H-pyrrole nitrogens is 1. The summed E-state index contributed by atoms with van der Waals surface area (Å²) >= 11 is 0. The fourth-order valence-electron chi connectivity index (χ4n) is 3.59. The number of nitro benzene ring substituents is 1. The van der Waals surface area contributed by atoms with E-state index < -0.39 is 0 Å². The van der Waals surface area contributed by atoms with Crippen molar-refractivity contribution in [3.05, 3.63) is 39.6 Å². The number of anilines is 3. The molecule has 0 amide bonds. The Morgan fingerprint density at radius 3 is 2.62 bits per heavy atom. The van der Waals surface area contributed by atoms with Crippen LogP contribution in [0.5, 0.6) is 0 Å². The van der Waals surface area contributed by atoms with E-state index in [0.29, 0.717) is 0 Å². The van der Waals surface area contributed by atoms with Crippen molar-refractivity contribution in [3.8, 4) is 0 Å². The van der Waals surface area contributed by atoms with Crippen LogP contribution in [-0.4, -0.2) is 47.8 Å². The summed E-state index contributed by atoms with van der Waals surface area (Å²) in [6.45, 7) is 5.94. The van der Waals surface area contributed by atoms with Crippen LogP contribution < -0.4 is 15.1 Å². The molecule has 0 radical (unpaired) electrons. The highest BCUT2D eigenvalue weighted by Gasteiger charge is 2.30. The number of hydrogen-bond donors (Lipinski definition) is 2. The molecule has 0 bridgehead atoms. The smallest absolute Gasteiger partial charge is 0.292 e. The minimum absolute atomic E-state index is 0.210. The van der Waals surface area contributed by atoms with Crippen LogP contribution in [0.15, 0.2) is 18.2 Å². The van der Waals surface area contributed by atoms with Crippen molar-refractivity contribution in [2.45, 2.75) is 13.3 Å². The number of aryl methyl sites for hydroxylation is 1. The lowest BCUT2D eigenvalue weighted by molar-refractivity contribution is -0.384. The van der Waals surface area contributed by atoms with E-state index in [0.717, 1.165) is 67.6 Å². The average Bonchev–Trinajstić information content (AvgIpc) is 3.22. The van der Waals surface area contributed by atoms with Crippen LogP contribution in [0.4, 0.5) is 22.9 Å². The first-order chi connectivity index (χ1) is 11.6. The molecule has 3 heterocycles. The Kier molecular flexibility index (Phi) is 3.51. The minimum Gasteiger partial charge on any atom is -0.384 e. The third kappa shape index (κ3) is 2.44. The predicted molar refractivity (Wildman–Crippen MR) is 93.0 cm³/mol. The number of hydrogen-bond acceptors (Lipinski definition) is 6. The molecule has 1 aromatic carbocycles. The van der Waals surface area contributed by atoms with Crippen molar-refractivity contribution in [1.82, 2.24) is 10.2 Å². The fraction of sp³-hybridized carbons (Fsp3) is 0.438. The van der Waals surface area contributed by atoms with Crippen LogP contribution in [0.1, 0.15) is 11.3 Å². The lowest BCUT2D eigenvalue weighted by Gasteiger charge is -2.36. The van der Waals surface area contributed by atoms with E-state index >= 15 is 0 Å². The molecule has 8 heteroatoms. The van der Waals surface area contributed by atoms with Crippen LogP contribution in [-0.2, 0) is 6.42 Å². The molecule has 0 saturated carbocycles. The Hall–Kier alpha value is -2.77. The first-order valence-electron chi connectivity index (χ1n) is 8.19. The molecule has 1 saturated heterocycles. The van der Waals surface area contributed by atoms with E-state index in [1.165, 1.54) is 0 Å². The third-order valence-electron chi connectivity index (χ3n) is 4.76. The van der Waals surface area contributed by atoms with Crippen LogP contribution in [0.3, 0.4) is 0 Å². The number of nitrogens with one attached hydrogen (secondary N) is 2. The Morgan fingerprint density at radius 2 is 1.96 bits per heavy atom. The van der Waals surface area contributed by atoms with Gasteiger partial charge < -0.3 is 15.1 Å². The van der Waals surface area contributed by atoms with E-state index in [-0.39, 0.29) is 10.6 Å². The molecule has 0 spiro atoms. The number of nitro groups is 1. The molecular weight excluding hydrogens is 308 g/mol. The van der Waals surface area contributed by atoms with Crippen molar-refractivity contribution in [3.63, 3.8) is 0 Å². The molecule has 2 N–H and O–H groups in total. The van der Waals surface area contributed by atoms with Crippen LogP contribution in [0.2, 0.25) is 0 Å². The van der Waals surface area contributed by atoms with Crippen molar-refractivity contribution < 1.29 is 4.92 Å². The van der Waals surface area contributed by atoms with Gasteiger partial charge in [-0.3, -0.25) is 15.2 Å². The summed E-state index contributed by atoms with van der Waals surface area (Å²) in [5, 5.41) is 22.1. The highest BCUT2D eigenvalue weighted by atomic mass is 16.6. The van der Waals surface area contributed by atoms with E-state index in [4.69, 9.17) is 0 Å². The largest absolute Gasteiger partial charge is 0.384 e. The van der Waals surface area contributed by atoms with Gasteiger partial charge in [0.2, 0.25) is 0 Å². The maximum absolute atomic E-state index is 11.5.